The first-order chi connectivity index (χ1) is 13.4. The van der Waals surface area contributed by atoms with Gasteiger partial charge in [0, 0.05) is 24.0 Å². The Balaban J connectivity index is 1.77. The van der Waals surface area contributed by atoms with Gasteiger partial charge in [0.2, 0.25) is 0 Å². The number of ether oxygens (including phenoxy) is 1. The molecule has 0 aliphatic rings. The van der Waals surface area contributed by atoms with Crippen LogP contribution in [0.1, 0.15) is 25.6 Å². The molecule has 146 valence electrons. The molecule has 0 radical (unpaired) electrons. The Kier molecular flexibility index (Phi) is 6.28. The maximum absolute atomic E-state index is 13.5. The van der Waals surface area contributed by atoms with Gasteiger partial charge in [-0.15, -0.1) is 11.3 Å². The second kappa shape index (κ2) is 8.68. The molecule has 0 aliphatic heterocycles. The topological polar surface area (TPSA) is 67.4 Å². The summed E-state index contributed by atoms with van der Waals surface area (Å²) in [5, 5.41) is 6.41. The molecule has 0 saturated heterocycles. The molecule has 28 heavy (non-hydrogen) atoms. The largest absolute Gasteiger partial charge is 0.383 e. The van der Waals surface area contributed by atoms with Crippen molar-refractivity contribution in [1.29, 1.82) is 0 Å². The molecule has 0 aliphatic carbocycles. The number of halogens is 2. The first-order valence-corrected chi connectivity index (χ1v) is 9.67. The van der Waals surface area contributed by atoms with Gasteiger partial charge < -0.3 is 15.4 Å². The van der Waals surface area contributed by atoms with E-state index in [4.69, 9.17) is 16.3 Å². The molecule has 5 nitrogen and oxygen atoms in total. The van der Waals surface area contributed by atoms with Crippen molar-refractivity contribution in [2.75, 3.05) is 25.6 Å². The third-order valence-corrected chi connectivity index (χ3v) is 5.75. The van der Waals surface area contributed by atoms with Crippen LogP contribution in [0.3, 0.4) is 0 Å². The molecule has 0 unspecified atom stereocenters. The van der Waals surface area contributed by atoms with Gasteiger partial charge in [-0.2, -0.15) is 0 Å². The smallest absolute Gasteiger partial charge is 0.266 e. The van der Waals surface area contributed by atoms with Crippen molar-refractivity contribution in [3.8, 4) is 0 Å². The standard InChI is InChI=1S/C20H18ClFN2O3S/c1-11-15-9-12(22)3-6-17(15)28-18(11)20(26)24-13-4-5-14(16(21)10-13)19(25)23-7-8-27-2/h3-6,9-10H,7-8H2,1-2H3,(H,23,25)(H,24,26). The second-order valence-electron chi connectivity index (χ2n) is 6.09. The van der Waals surface area contributed by atoms with E-state index in [9.17, 15) is 14.0 Å². The van der Waals surface area contributed by atoms with Crippen LogP contribution in [0, 0.1) is 12.7 Å². The fourth-order valence-electron chi connectivity index (χ4n) is 2.74. The van der Waals surface area contributed by atoms with Crippen LogP contribution in [0.25, 0.3) is 10.1 Å². The molecular formula is C20H18ClFN2O3S. The van der Waals surface area contributed by atoms with Gasteiger partial charge in [-0.3, -0.25) is 9.59 Å². The van der Waals surface area contributed by atoms with E-state index in [1.165, 1.54) is 29.5 Å². The van der Waals surface area contributed by atoms with E-state index >= 15 is 0 Å². The van der Waals surface area contributed by atoms with Crippen molar-refractivity contribution in [3.63, 3.8) is 0 Å². The molecule has 8 heteroatoms. The lowest BCUT2D eigenvalue weighted by Crippen LogP contribution is -2.27. The SMILES string of the molecule is COCCNC(=O)c1ccc(NC(=O)c2sc3ccc(F)cc3c2C)cc1Cl. The van der Waals surface area contributed by atoms with E-state index < -0.39 is 0 Å². The molecule has 2 N–H and O–H groups in total. The van der Waals surface area contributed by atoms with Crippen LogP contribution in [0.15, 0.2) is 36.4 Å². The van der Waals surface area contributed by atoms with Crippen molar-refractivity contribution in [3.05, 3.63) is 63.2 Å². The van der Waals surface area contributed by atoms with Gasteiger partial charge >= 0.3 is 0 Å². The highest BCUT2D eigenvalue weighted by atomic mass is 35.5. The Morgan fingerprint density at radius 1 is 1.18 bits per heavy atom. The molecular weight excluding hydrogens is 403 g/mol. The van der Waals surface area contributed by atoms with Crippen molar-refractivity contribution in [2.45, 2.75) is 6.92 Å². The average Bonchev–Trinajstić information content (AvgIpc) is 2.98. The highest BCUT2D eigenvalue weighted by molar-refractivity contribution is 7.21. The predicted octanol–water partition coefficient (Wildman–Crippen LogP) is 4.63. The lowest BCUT2D eigenvalue weighted by molar-refractivity contribution is 0.0937. The molecule has 3 rings (SSSR count). The monoisotopic (exact) mass is 420 g/mol. The lowest BCUT2D eigenvalue weighted by atomic mass is 10.1. The minimum atomic E-state index is -0.341. The van der Waals surface area contributed by atoms with Crippen LogP contribution >= 0.6 is 22.9 Å². The van der Waals surface area contributed by atoms with Crippen molar-refractivity contribution < 1.29 is 18.7 Å². The Morgan fingerprint density at radius 2 is 1.96 bits per heavy atom. The second-order valence-corrected chi connectivity index (χ2v) is 7.55. The van der Waals surface area contributed by atoms with Gasteiger partial charge in [0.1, 0.15) is 5.82 Å². The zero-order valence-electron chi connectivity index (χ0n) is 15.3. The maximum Gasteiger partial charge on any atom is 0.266 e. The summed E-state index contributed by atoms with van der Waals surface area (Å²) >= 11 is 7.49. The summed E-state index contributed by atoms with van der Waals surface area (Å²) < 4.78 is 19.2. The van der Waals surface area contributed by atoms with Crippen molar-refractivity contribution in [2.24, 2.45) is 0 Å². The Morgan fingerprint density at radius 3 is 2.68 bits per heavy atom. The molecule has 0 bridgehead atoms. The molecule has 2 amide bonds. The molecule has 0 saturated carbocycles. The van der Waals surface area contributed by atoms with Crippen LogP contribution in [-0.4, -0.2) is 32.1 Å². The van der Waals surface area contributed by atoms with E-state index in [-0.39, 0.29) is 22.7 Å². The number of thiophene rings is 1. The number of methoxy groups -OCH3 is 1. The third-order valence-electron chi connectivity index (χ3n) is 4.17. The highest BCUT2D eigenvalue weighted by Crippen LogP contribution is 2.32. The number of rotatable bonds is 6. The van der Waals surface area contributed by atoms with Gasteiger partial charge in [0.25, 0.3) is 11.8 Å². The summed E-state index contributed by atoms with van der Waals surface area (Å²) in [6.07, 6.45) is 0. The van der Waals surface area contributed by atoms with Gasteiger partial charge in [-0.1, -0.05) is 11.6 Å². The summed E-state index contributed by atoms with van der Waals surface area (Å²) in [4.78, 5) is 25.3. The maximum atomic E-state index is 13.5. The number of amides is 2. The third kappa shape index (κ3) is 4.32. The van der Waals surface area contributed by atoms with E-state index in [1.807, 2.05) is 0 Å². The zero-order valence-corrected chi connectivity index (χ0v) is 16.8. The number of carbonyl (C=O) groups is 2. The fraction of sp³-hybridized carbons (Fsp3) is 0.200. The van der Waals surface area contributed by atoms with Crippen LogP contribution in [0.2, 0.25) is 5.02 Å². The Bertz CT molecular complexity index is 1050. The van der Waals surface area contributed by atoms with Crippen LogP contribution in [0.4, 0.5) is 10.1 Å². The number of nitrogens with one attached hydrogen (secondary N) is 2. The van der Waals surface area contributed by atoms with E-state index in [0.29, 0.717) is 29.3 Å². The quantitative estimate of drug-likeness (QED) is 0.571. The zero-order chi connectivity index (χ0) is 20.3. The van der Waals surface area contributed by atoms with Gasteiger partial charge in [0.15, 0.2) is 0 Å². The fourth-order valence-corrected chi connectivity index (χ4v) is 4.09. The van der Waals surface area contributed by atoms with Gasteiger partial charge in [-0.25, -0.2) is 4.39 Å². The van der Waals surface area contributed by atoms with Crippen LogP contribution in [-0.2, 0) is 4.74 Å². The lowest BCUT2D eigenvalue weighted by Gasteiger charge is -2.09. The molecule has 2 aromatic carbocycles. The highest BCUT2D eigenvalue weighted by Gasteiger charge is 2.17. The summed E-state index contributed by atoms with van der Waals surface area (Å²) in [5.41, 5.74) is 1.49. The molecule has 1 heterocycles. The molecule has 0 spiro atoms. The first kappa shape index (κ1) is 20.3. The average molecular weight is 421 g/mol. The van der Waals surface area contributed by atoms with Crippen LogP contribution < -0.4 is 10.6 Å². The van der Waals surface area contributed by atoms with E-state index in [2.05, 4.69) is 10.6 Å². The molecule has 3 aromatic rings. The summed E-state index contributed by atoms with van der Waals surface area (Å²) in [7, 11) is 1.55. The minimum Gasteiger partial charge on any atom is -0.383 e. The number of fused-ring (bicyclic) bond motifs is 1. The molecule has 0 fully saturated rings. The van der Waals surface area contributed by atoms with Crippen LogP contribution in [0.5, 0.6) is 0 Å². The summed E-state index contributed by atoms with van der Waals surface area (Å²) in [5.74, 6) is -0.971. The van der Waals surface area contributed by atoms with Crippen molar-refractivity contribution in [1.82, 2.24) is 5.32 Å². The number of benzene rings is 2. The van der Waals surface area contributed by atoms with E-state index in [0.717, 1.165) is 15.6 Å². The minimum absolute atomic E-state index is 0.225. The van der Waals surface area contributed by atoms with Crippen molar-refractivity contribution >= 4 is 50.5 Å². The number of anilines is 1. The number of aryl methyl sites for hydroxylation is 1. The summed E-state index contributed by atoms with van der Waals surface area (Å²) in [6.45, 7) is 2.56. The number of hydrogen-bond acceptors (Lipinski definition) is 4. The number of carbonyl (C=O) groups excluding carboxylic acids is 2. The molecule has 1 aromatic heterocycles. The normalized spacial score (nSPS) is 10.9. The Hall–Kier alpha value is -2.48. The first-order valence-electron chi connectivity index (χ1n) is 8.47. The Labute approximate surface area is 170 Å². The van der Waals surface area contributed by atoms with Gasteiger partial charge in [0.05, 0.1) is 22.1 Å². The van der Waals surface area contributed by atoms with E-state index in [1.54, 1.807) is 32.2 Å². The number of hydrogen-bond donors (Lipinski definition) is 2. The molecule has 0 atom stereocenters. The summed E-state index contributed by atoms with van der Waals surface area (Å²) in [6, 6.07) is 9.13. The predicted molar refractivity (Wildman–Crippen MR) is 110 cm³/mol. The van der Waals surface area contributed by atoms with Gasteiger partial charge in [-0.05, 0) is 54.3 Å².